The Morgan fingerprint density at radius 2 is 1.90 bits per heavy atom. The van der Waals surface area contributed by atoms with Crippen molar-refractivity contribution >= 4 is 40.6 Å². The Labute approximate surface area is 132 Å². The molecule has 0 aliphatic rings. The van der Waals surface area contributed by atoms with Gasteiger partial charge in [0.15, 0.2) is 0 Å². The first-order chi connectivity index (χ1) is 9.49. The van der Waals surface area contributed by atoms with Gasteiger partial charge in [-0.25, -0.2) is 4.98 Å². The number of nitrogens with zero attached hydrogens (tertiary/aromatic N) is 2. The van der Waals surface area contributed by atoms with Crippen molar-refractivity contribution in [3.63, 3.8) is 0 Å². The highest BCUT2D eigenvalue weighted by atomic mass is 35.5. The van der Waals surface area contributed by atoms with Crippen molar-refractivity contribution < 1.29 is 0 Å². The quantitative estimate of drug-likeness (QED) is 0.799. The van der Waals surface area contributed by atoms with Crippen molar-refractivity contribution in [3.05, 3.63) is 56.7 Å². The zero-order valence-corrected chi connectivity index (χ0v) is 12.8. The summed E-state index contributed by atoms with van der Waals surface area (Å²) in [6.45, 7) is 1.95. The zero-order chi connectivity index (χ0) is 14.7. The molecule has 2 rings (SSSR count). The second kappa shape index (κ2) is 6.32. The molecule has 0 amide bonds. The van der Waals surface area contributed by atoms with E-state index in [1.54, 1.807) is 18.2 Å². The van der Waals surface area contributed by atoms with Gasteiger partial charge < -0.3 is 5.32 Å². The number of nitriles is 1. The van der Waals surface area contributed by atoms with E-state index in [0.29, 0.717) is 21.4 Å². The lowest BCUT2D eigenvalue weighted by Gasteiger charge is -2.16. The number of hydrogen-bond acceptors (Lipinski definition) is 3. The Balaban J connectivity index is 2.23. The molecule has 2 aromatic rings. The van der Waals surface area contributed by atoms with Crippen molar-refractivity contribution in [3.8, 4) is 6.07 Å². The van der Waals surface area contributed by atoms with Crippen molar-refractivity contribution in [2.75, 3.05) is 5.32 Å². The summed E-state index contributed by atoms with van der Waals surface area (Å²) in [4.78, 5) is 4.13. The predicted octanol–water partition coefficient (Wildman–Crippen LogP) is 5.09. The van der Waals surface area contributed by atoms with Gasteiger partial charge in [0, 0.05) is 6.04 Å². The Hall–Kier alpha value is -1.47. The van der Waals surface area contributed by atoms with Crippen LogP contribution in [0.4, 0.5) is 5.82 Å². The van der Waals surface area contributed by atoms with E-state index in [0.717, 1.165) is 5.56 Å². The first-order valence-corrected chi connectivity index (χ1v) is 6.92. The molecule has 0 unspecified atom stereocenters. The van der Waals surface area contributed by atoms with Crippen LogP contribution in [0.3, 0.4) is 0 Å². The number of benzene rings is 1. The third-order valence-electron chi connectivity index (χ3n) is 2.73. The summed E-state index contributed by atoms with van der Waals surface area (Å²) in [5.41, 5.74) is 1.41. The fourth-order valence-corrected chi connectivity index (χ4v) is 2.24. The molecule has 0 radical (unpaired) electrons. The second-order valence-corrected chi connectivity index (χ2v) is 5.42. The van der Waals surface area contributed by atoms with Gasteiger partial charge in [0.1, 0.15) is 11.0 Å². The van der Waals surface area contributed by atoms with E-state index in [-0.39, 0.29) is 11.2 Å². The maximum atomic E-state index is 8.91. The molecule has 0 saturated heterocycles. The summed E-state index contributed by atoms with van der Waals surface area (Å²) in [5, 5.41) is 13.4. The Kier molecular flexibility index (Phi) is 4.72. The van der Waals surface area contributed by atoms with Crippen LogP contribution in [0.15, 0.2) is 30.3 Å². The minimum absolute atomic E-state index is 0.0534. The molecule has 102 valence electrons. The largest absolute Gasteiger partial charge is 0.363 e. The van der Waals surface area contributed by atoms with Gasteiger partial charge in [-0.2, -0.15) is 5.26 Å². The fourth-order valence-electron chi connectivity index (χ4n) is 1.72. The van der Waals surface area contributed by atoms with Crippen LogP contribution in [0.2, 0.25) is 15.2 Å². The Bertz CT molecular complexity index is 680. The molecule has 1 aromatic heterocycles. The third kappa shape index (κ3) is 3.55. The lowest BCUT2D eigenvalue weighted by atomic mass is 10.1. The Morgan fingerprint density at radius 3 is 2.55 bits per heavy atom. The maximum Gasteiger partial charge on any atom is 0.132 e. The van der Waals surface area contributed by atoms with E-state index in [1.165, 1.54) is 6.07 Å². The van der Waals surface area contributed by atoms with Crippen LogP contribution in [0, 0.1) is 11.3 Å². The van der Waals surface area contributed by atoms with E-state index in [2.05, 4.69) is 10.3 Å². The van der Waals surface area contributed by atoms with E-state index in [4.69, 9.17) is 40.1 Å². The van der Waals surface area contributed by atoms with E-state index in [1.807, 2.05) is 19.1 Å². The first-order valence-electron chi connectivity index (χ1n) is 5.79. The summed E-state index contributed by atoms with van der Waals surface area (Å²) >= 11 is 17.7. The summed E-state index contributed by atoms with van der Waals surface area (Å²) < 4.78 is 0. The van der Waals surface area contributed by atoms with Crippen LogP contribution < -0.4 is 5.32 Å². The number of halogens is 3. The van der Waals surface area contributed by atoms with Gasteiger partial charge in [0.05, 0.1) is 21.7 Å². The lowest BCUT2D eigenvalue weighted by Crippen LogP contribution is -2.08. The van der Waals surface area contributed by atoms with Crippen molar-refractivity contribution in [1.82, 2.24) is 4.98 Å². The van der Waals surface area contributed by atoms with Crippen LogP contribution >= 0.6 is 34.8 Å². The molecule has 1 N–H and O–H groups in total. The number of anilines is 1. The number of aromatic nitrogens is 1. The second-order valence-electron chi connectivity index (χ2n) is 4.22. The zero-order valence-electron chi connectivity index (χ0n) is 10.5. The smallest absolute Gasteiger partial charge is 0.132 e. The van der Waals surface area contributed by atoms with Gasteiger partial charge >= 0.3 is 0 Å². The number of rotatable bonds is 3. The van der Waals surface area contributed by atoms with E-state index >= 15 is 0 Å². The maximum absolute atomic E-state index is 8.91. The highest BCUT2D eigenvalue weighted by Crippen LogP contribution is 2.27. The third-order valence-corrected chi connectivity index (χ3v) is 3.66. The Morgan fingerprint density at radius 1 is 1.15 bits per heavy atom. The van der Waals surface area contributed by atoms with Gasteiger partial charge in [-0.15, -0.1) is 0 Å². The van der Waals surface area contributed by atoms with Crippen molar-refractivity contribution in [2.24, 2.45) is 0 Å². The van der Waals surface area contributed by atoms with E-state index in [9.17, 15) is 0 Å². The molecule has 0 saturated carbocycles. The molecule has 1 aromatic carbocycles. The van der Waals surface area contributed by atoms with Crippen LogP contribution in [0.5, 0.6) is 0 Å². The molecule has 0 spiro atoms. The van der Waals surface area contributed by atoms with Gasteiger partial charge in [0.25, 0.3) is 0 Å². The molecule has 20 heavy (non-hydrogen) atoms. The fraction of sp³-hybridized carbons (Fsp3) is 0.143. The number of nitrogens with one attached hydrogen (secondary N) is 1. The highest BCUT2D eigenvalue weighted by molar-refractivity contribution is 6.42. The van der Waals surface area contributed by atoms with Crippen molar-refractivity contribution in [2.45, 2.75) is 13.0 Å². The van der Waals surface area contributed by atoms with Crippen molar-refractivity contribution in [1.29, 1.82) is 5.26 Å². The molecule has 1 heterocycles. The minimum atomic E-state index is -0.0534. The summed E-state index contributed by atoms with van der Waals surface area (Å²) in [6, 6.07) is 10.5. The molecule has 0 bridgehead atoms. The van der Waals surface area contributed by atoms with E-state index < -0.39 is 0 Å². The monoisotopic (exact) mass is 325 g/mol. The highest BCUT2D eigenvalue weighted by Gasteiger charge is 2.09. The van der Waals surface area contributed by atoms with Crippen LogP contribution in [0.25, 0.3) is 0 Å². The molecule has 0 fully saturated rings. The number of hydrogen-bond donors (Lipinski definition) is 1. The summed E-state index contributed by atoms with van der Waals surface area (Å²) in [6.07, 6.45) is 0. The average molecular weight is 327 g/mol. The van der Waals surface area contributed by atoms with Gasteiger partial charge in [-0.3, -0.25) is 0 Å². The van der Waals surface area contributed by atoms with Crippen LogP contribution in [-0.4, -0.2) is 4.98 Å². The normalized spacial score (nSPS) is 11.8. The molecule has 0 aliphatic carbocycles. The SMILES string of the molecule is C[C@H](Nc1cc(C#N)cc(Cl)n1)c1ccc(Cl)c(Cl)c1. The van der Waals surface area contributed by atoms with Gasteiger partial charge in [-0.1, -0.05) is 40.9 Å². The first kappa shape index (κ1) is 14.9. The molecule has 3 nitrogen and oxygen atoms in total. The van der Waals surface area contributed by atoms with Crippen LogP contribution in [0.1, 0.15) is 24.1 Å². The predicted molar refractivity (Wildman–Crippen MR) is 82.5 cm³/mol. The van der Waals surface area contributed by atoms with Gasteiger partial charge in [0.2, 0.25) is 0 Å². The molecule has 6 heteroatoms. The topological polar surface area (TPSA) is 48.7 Å². The standard InChI is InChI=1S/C14H10Cl3N3/c1-8(10-2-3-11(15)12(16)6-10)19-14-5-9(7-18)4-13(17)20-14/h2-6,8H,1H3,(H,19,20)/t8-/m0/s1. The average Bonchev–Trinajstić information content (AvgIpc) is 2.41. The molecular formula is C14H10Cl3N3. The minimum Gasteiger partial charge on any atom is -0.363 e. The van der Waals surface area contributed by atoms with Gasteiger partial charge in [-0.05, 0) is 36.8 Å². The van der Waals surface area contributed by atoms with Crippen LogP contribution in [-0.2, 0) is 0 Å². The summed E-state index contributed by atoms with van der Waals surface area (Å²) in [5.74, 6) is 0.535. The summed E-state index contributed by atoms with van der Waals surface area (Å²) in [7, 11) is 0. The molecule has 0 aliphatic heterocycles. The lowest BCUT2D eigenvalue weighted by molar-refractivity contribution is 0.874. The molecular weight excluding hydrogens is 317 g/mol. The molecule has 1 atom stereocenters. The number of pyridine rings is 1.